The first-order valence-electron chi connectivity index (χ1n) is 3.89. The first kappa shape index (κ1) is 13.2. The Morgan fingerprint density at radius 3 is 1.20 bits per heavy atom. The number of hydrogen-bond acceptors (Lipinski definition) is 2. The fourth-order valence-electron chi connectivity index (χ4n) is 0.167. The minimum Gasteiger partial charge on any atom is -0.306 e. The quantitative estimate of drug-likeness (QED) is 0.280. The largest absolute Gasteiger partial charge is 0.306 e. The zero-order valence-corrected chi connectivity index (χ0v) is 11.8. The van der Waals surface area contributed by atoms with E-state index in [0.29, 0.717) is 0 Å². The molecule has 0 radical (unpaired) electrons. The molecule has 0 spiro atoms. The molecule has 0 saturated carbocycles. The molecule has 64 valence electrons. The summed E-state index contributed by atoms with van der Waals surface area (Å²) in [4.78, 5) is 0. The Bertz CT molecular complexity index is 45.4. The van der Waals surface area contributed by atoms with Gasteiger partial charge in [0.1, 0.15) is 0 Å². The van der Waals surface area contributed by atoms with E-state index < -0.39 is 0 Å². The normalized spacial score (nSPS) is 11.4. The summed E-state index contributed by atoms with van der Waals surface area (Å²) in [6, 6.07) is 0. The predicted molar refractivity (Wildman–Crippen MR) is 55.7 cm³/mol. The smallest absolute Gasteiger partial charge is 0.204 e. The van der Waals surface area contributed by atoms with Crippen molar-refractivity contribution in [2.24, 2.45) is 0 Å². The van der Waals surface area contributed by atoms with E-state index in [2.05, 4.69) is 28.8 Å². The Labute approximate surface area is 70.7 Å². The topological polar surface area (TPSA) is 18.5 Å². The van der Waals surface area contributed by atoms with Crippen molar-refractivity contribution in [3.63, 3.8) is 0 Å². The van der Waals surface area contributed by atoms with Gasteiger partial charge in [0.05, 0.1) is 0 Å². The first-order chi connectivity index (χ1) is 4.65. The highest BCUT2D eigenvalue weighted by Crippen LogP contribution is 1.68. The Hall–Kier alpha value is 0.571. The van der Waals surface area contributed by atoms with Crippen LogP contribution in [0, 0.1) is 0 Å². The summed E-state index contributed by atoms with van der Waals surface area (Å²) in [5.41, 5.74) is 0. The van der Waals surface area contributed by atoms with Gasteiger partial charge in [0, 0.05) is 8.80 Å². The van der Waals surface area contributed by atoms with Crippen LogP contribution in [0.2, 0.25) is 32.7 Å². The highest BCUT2D eigenvalue weighted by atomic mass is 28.3. The van der Waals surface area contributed by atoms with E-state index in [1.54, 1.807) is 0 Å². The van der Waals surface area contributed by atoms with E-state index >= 15 is 0 Å². The van der Waals surface area contributed by atoms with E-state index in [-0.39, 0.29) is 28.3 Å². The fraction of sp³-hybridized carbons (Fsp3) is 1.00. The maximum absolute atomic E-state index is 4.68. The van der Waals surface area contributed by atoms with Gasteiger partial charge >= 0.3 is 0 Å². The molecule has 0 aliphatic carbocycles. The highest BCUT2D eigenvalue weighted by Gasteiger charge is 1.73. The summed E-state index contributed by atoms with van der Waals surface area (Å²) in [6.45, 7) is 11.0. The Balaban J connectivity index is 0. The molecular weight excluding hydrogens is 176 g/mol. The van der Waals surface area contributed by atoms with Crippen molar-refractivity contribution in [2.45, 2.75) is 32.7 Å². The maximum Gasteiger partial charge on any atom is 0.204 e. The van der Waals surface area contributed by atoms with E-state index in [9.17, 15) is 0 Å². The van der Waals surface area contributed by atoms with Crippen LogP contribution in [-0.2, 0) is 9.15 Å². The molecular formula is C5H20O2Si3. The lowest BCUT2D eigenvalue weighted by atomic mass is 11.8. The molecule has 0 aromatic rings. The van der Waals surface area contributed by atoms with Crippen molar-refractivity contribution in [3.8, 4) is 0 Å². The van der Waals surface area contributed by atoms with Gasteiger partial charge in [-0.3, -0.25) is 0 Å². The van der Waals surface area contributed by atoms with Crippen LogP contribution in [0.25, 0.3) is 0 Å². The van der Waals surface area contributed by atoms with Crippen LogP contribution < -0.4 is 0 Å². The fourth-order valence-corrected chi connectivity index (χ4v) is 1.50. The summed E-state index contributed by atoms with van der Waals surface area (Å²) >= 11 is 0. The van der Waals surface area contributed by atoms with Crippen LogP contribution in [0.15, 0.2) is 0 Å². The molecule has 0 amide bonds. The van der Waals surface area contributed by atoms with Crippen LogP contribution >= 0.6 is 0 Å². The summed E-state index contributed by atoms with van der Waals surface area (Å²) in [7, 11) is -0.708. The lowest BCUT2D eigenvalue weighted by Crippen LogP contribution is -1.96. The zero-order chi connectivity index (χ0) is 8.41. The molecule has 2 nitrogen and oxygen atoms in total. The van der Waals surface area contributed by atoms with Crippen molar-refractivity contribution >= 4 is 28.3 Å². The maximum atomic E-state index is 4.68. The van der Waals surface area contributed by atoms with Gasteiger partial charge in [0.2, 0.25) is 19.5 Å². The molecule has 0 aliphatic heterocycles. The molecule has 0 aromatic heterocycles. The zero-order valence-electron chi connectivity index (χ0n) is 7.81. The van der Waals surface area contributed by atoms with Gasteiger partial charge < -0.3 is 9.15 Å². The minimum atomic E-state index is -0.285. The summed E-state index contributed by atoms with van der Waals surface area (Å²) in [6.07, 6.45) is 0. The molecule has 5 heteroatoms. The molecule has 0 fully saturated rings. The van der Waals surface area contributed by atoms with Gasteiger partial charge in [-0.05, 0) is 13.1 Å². The molecule has 0 bridgehead atoms. The second kappa shape index (κ2) is 12.3. The summed E-state index contributed by atoms with van der Waals surface area (Å²) in [5.74, 6) is 0. The summed E-state index contributed by atoms with van der Waals surface area (Å²) < 4.78 is 9.37. The van der Waals surface area contributed by atoms with Gasteiger partial charge in [0.25, 0.3) is 0 Å². The van der Waals surface area contributed by atoms with Crippen molar-refractivity contribution in [1.82, 2.24) is 0 Å². The van der Waals surface area contributed by atoms with Gasteiger partial charge in [-0.1, -0.05) is 19.6 Å². The lowest BCUT2D eigenvalue weighted by molar-refractivity contribution is -0.0967. The van der Waals surface area contributed by atoms with Crippen LogP contribution in [0.1, 0.15) is 0 Å². The van der Waals surface area contributed by atoms with Gasteiger partial charge in [0.15, 0.2) is 0 Å². The SMILES string of the molecule is C[SiH2]OO[SiH2]C.C[SiH](C)C. The third kappa shape index (κ3) is 38.5. The second-order valence-electron chi connectivity index (χ2n) is 2.55. The van der Waals surface area contributed by atoms with Gasteiger partial charge in [-0.25, -0.2) is 0 Å². The standard InChI is InChI=1S/C3H10Si.C2H10O2Si2/c1-4(2)3;1-5-3-4-6-2/h4H,1-3H3;5-6H2,1-2H3. The van der Waals surface area contributed by atoms with E-state index in [4.69, 9.17) is 0 Å². The van der Waals surface area contributed by atoms with E-state index in [1.807, 2.05) is 13.1 Å². The van der Waals surface area contributed by atoms with Crippen molar-refractivity contribution in [1.29, 1.82) is 0 Å². The van der Waals surface area contributed by atoms with E-state index in [1.165, 1.54) is 0 Å². The predicted octanol–water partition coefficient (Wildman–Crippen LogP) is 0.301. The Morgan fingerprint density at radius 1 is 0.900 bits per heavy atom. The first-order valence-corrected chi connectivity index (χ1v) is 11.3. The molecule has 0 rings (SSSR count). The van der Waals surface area contributed by atoms with Crippen LogP contribution in [0.3, 0.4) is 0 Å². The van der Waals surface area contributed by atoms with Crippen molar-refractivity contribution < 1.29 is 9.15 Å². The molecule has 0 N–H and O–H groups in total. The molecule has 0 unspecified atom stereocenters. The van der Waals surface area contributed by atoms with Gasteiger partial charge in [-0.2, -0.15) is 0 Å². The average Bonchev–Trinajstić information content (AvgIpc) is 1.82. The van der Waals surface area contributed by atoms with E-state index in [0.717, 1.165) is 0 Å². The Morgan fingerprint density at radius 2 is 1.10 bits per heavy atom. The molecule has 0 heterocycles. The third-order valence-electron chi connectivity index (χ3n) is 0.319. The van der Waals surface area contributed by atoms with Gasteiger partial charge in [-0.15, -0.1) is 0 Å². The van der Waals surface area contributed by atoms with Crippen LogP contribution in [0.5, 0.6) is 0 Å². The summed E-state index contributed by atoms with van der Waals surface area (Å²) in [5, 5.41) is 0. The molecule has 0 aliphatic rings. The number of hydrogen-bond donors (Lipinski definition) is 0. The molecule has 10 heavy (non-hydrogen) atoms. The molecule has 0 atom stereocenters. The minimum absolute atomic E-state index is 0.139. The average molecular weight is 196 g/mol. The van der Waals surface area contributed by atoms with Crippen molar-refractivity contribution in [2.75, 3.05) is 0 Å². The molecule has 0 saturated heterocycles. The highest BCUT2D eigenvalue weighted by molar-refractivity contribution is 6.54. The lowest BCUT2D eigenvalue weighted by Gasteiger charge is -1.93. The Kier molecular flexibility index (Phi) is 16.2. The second-order valence-corrected chi connectivity index (χ2v) is 7.64. The third-order valence-corrected chi connectivity index (χ3v) is 1.46. The van der Waals surface area contributed by atoms with Crippen LogP contribution in [0.4, 0.5) is 0 Å². The monoisotopic (exact) mass is 196 g/mol. The number of rotatable bonds is 3. The van der Waals surface area contributed by atoms with Crippen LogP contribution in [-0.4, -0.2) is 28.3 Å². The molecule has 0 aromatic carbocycles. The van der Waals surface area contributed by atoms with Crippen molar-refractivity contribution in [3.05, 3.63) is 0 Å².